The van der Waals surface area contributed by atoms with Gasteiger partial charge in [0.15, 0.2) is 17.3 Å². The number of nitrogens with zero attached hydrogens (tertiary/aromatic N) is 2. The van der Waals surface area contributed by atoms with E-state index >= 15 is 0 Å². The summed E-state index contributed by atoms with van der Waals surface area (Å²) in [6.07, 6.45) is 5.91. The molecule has 2 atom stereocenters. The topological polar surface area (TPSA) is 67.6 Å². The van der Waals surface area contributed by atoms with E-state index in [0.29, 0.717) is 18.2 Å². The Morgan fingerprint density at radius 1 is 1.30 bits per heavy atom. The van der Waals surface area contributed by atoms with Crippen molar-refractivity contribution in [2.75, 3.05) is 23.3 Å². The molecule has 0 radical (unpaired) electrons. The number of ether oxygens (including phenoxy) is 1. The molecule has 160 valence electrons. The standard InChI is InChI=1S/C22H25ClFN3O3/c1-2-18-19(26-22(30-18)27-5-3-4-6-27)21(28)25-14-10-16(23)20(17(24)11-14)29-15-8-12-7-13(12)9-15/h10-13,15H,2-9H2,1H3,(H,25,28). The van der Waals surface area contributed by atoms with E-state index in [-0.39, 0.29) is 28.3 Å². The minimum atomic E-state index is -0.577. The van der Waals surface area contributed by atoms with Crippen LogP contribution in [0.5, 0.6) is 5.75 Å². The predicted molar refractivity (Wildman–Crippen MR) is 112 cm³/mol. The monoisotopic (exact) mass is 433 g/mol. The van der Waals surface area contributed by atoms with E-state index in [1.165, 1.54) is 18.6 Å². The van der Waals surface area contributed by atoms with Gasteiger partial charge in [-0.15, -0.1) is 0 Å². The third-order valence-corrected chi connectivity index (χ3v) is 6.62. The van der Waals surface area contributed by atoms with Crippen molar-refractivity contribution in [1.29, 1.82) is 0 Å². The summed E-state index contributed by atoms with van der Waals surface area (Å²) < 4.78 is 26.3. The van der Waals surface area contributed by atoms with E-state index in [1.807, 2.05) is 11.8 Å². The van der Waals surface area contributed by atoms with E-state index in [9.17, 15) is 9.18 Å². The number of hydrogen-bond acceptors (Lipinski definition) is 5. The van der Waals surface area contributed by atoms with Crippen LogP contribution in [0.2, 0.25) is 5.02 Å². The van der Waals surface area contributed by atoms with Crippen molar-refractivity contribution in [3.8, 4) is 5.75 Å². The van der Waals surface area contributed by atoms with Crippen LogP contribution in [0, 0.1) is 17.7 Å². The van der Waals surface area contributed by atoms with E-state index in [4.69, 9.17) is 20.8 Å². The summed E-state index contributed by atoms with van der Waals surface area (Å²) in [5.41, 5.74) is 0.485. The summed E-state index contributed by atoms with van der Waals surface area (Å²) in [4.78, 5) is 19.2. The zero-order valence-electron chi connectivity index (χ0n) is 16.9. The van der Waals surface area contributed by atoms with Crippen LogP contribution in [0.1, 0.15) is 55.3 Å². The highest BCUT2D eigenvalue weighted by atomic mass is 35.5. The molecule has 5 rings (SSSR count). The van der Waals surface area contributed by atoms with Gasteiger partial charge in [-0.3, -0.25) is 4.79 Å². The molecular weight excluding hydrogens is 409 g/mol. The first-order valence-corrected chi connectivity index (χ1v) is 11.1. The van der Waals surface area contributed by atoms with Gasteiger partial charge >= 0.3 is 0 Å². The fourth-order valence-electron chi connectivity index (χ4n) is 4.66. The number of carbonyl (C=O) groups excluding carboxylic acids is 1. The molecule has 1 aromatic carbocycles. The van der Waals surface area contributed by atoms with Gasteiger partial charge in [0.1, 0.15) is 5.76 Å². The van der Waals surface area contributed by atoms with Crippen LogP contribution in [-0.4, -0.2) is 30.1 Å². The quantitative estimate of drug-likeness (QED) is 0.689. The van der Waals surface area contributed by atoms with Gasteiger partial charge in [-0.2, -0.15) is 4.98 Å². The maximum atomic E-state index is 14.7. The first kappa shape index (κ1) is 19.7. The lowest BCUT2D eigenvalue weighted by molar-refractivity contribution is 0.102. The number of hydrogen-bond donors (Lipinski definition) is 1. The minimum absolute atomic E-state index is 0.0208. The molecule has 30 heavy (non-hydrogen) atoms. The molecule has 0 bridgehead atoms. The Balaban J connectivity index is 1.31. The number of aromatic nitrogens is 1. The first-order chi connectivity index (χ1) is 14.5. The van der Waals surface area contributed by atoms with Crippen molar-refractivity contribution >= 4 is 29.2 Å². The Kier molecular flexibility index (Phi) is 5.09. The zero-order valence-corrected chi connectivity index (χ0v) is 17.7. The highest BCUT2D eigenvalue weighted by Gasteiger charge is 2.47. The molecule has 6 nitrogen and oxygen atoms in total. The molecule has 2 saturated carbocycles. The molecule has 1 amide bonds. The molecule has 1 aliphatic heterocycles. The first-order valence-electron chi connectivity index (χ1n) is 10.7. The number of carbonyl (C=O) groups is 1. The van der Waals surface area contributed by atoms with Crippen LogP contribution in [0.4, 0.5) is 16.1 Å². The van der Waals surface area contributed by atoms with Crippen molar-refractivity contribution < 1.29 is 18.3 Å². The van der Waals surface area contributed by atoms with E-state index in [1.54, 1.807) is 0 Å². The largest absolute Gasteiger partial charge is 0.486 e. The summed E-state index contributed by atoms with van der Waals surface area (Å²) in [6.45, 7) is 3.64. The zero-order chi connectivity index (χ0) is 20.8. The number of rotatable bonds is 6. The molecule has 1 aromatic heterocycles. The maximum Gasteiger partial charge on any atom is 0.298 e. The van der Waals surface area contributed by atoms with Crippen LogP contribution in [0.15, 0.2) is 16.5 Å². The number of nitrogens with one attached hydrogen (secondary N) is 1. The predicted octanol–water partition coefficient (Wildman–Crippen LogP) is 5.06. The van der Waals surface area contributed by atoms with Crippen LogP contribution in [0.25, 0.3) is 0 Å². The van der Waals surface area contributed by atoms with Gasteiger partial charge in [0.2, 0.25) is 0 Å². The van der Waals surface area contributed by atoms with Crippen molar-refractivity contribution in [3.05, 3.63) is 34.4 Å². The summed E-state index contributed by atoms with van der Waals surface area (Å²) in [5.74, 6) is 1.02. The number of oxazole rings is 1. The van der Waals surface area contributed by atoms with Gasteiger partial charge in [0.05, 0.1) is 11.1 Å². The van der Waals surface area contributed by atoms with Crippen LogP contribution < -0.4 is 15.0 Å². The fourth-order valence-corrected chi connectivity index (χ4v) is 4.91. The van der Waals surface area contributed by atoms with Crippen LogP contribution in [-0.2, 0) is 6.42 Å². The second kappa shape index (κ2) is 7.76. The van der Waals surface area contributed by atoms with Gasteiger partial charge in [-0.25, -0.2) is 4.39 Å². The maximum absolute atomic E-state index is 14.7. The smallest absolute Gasteiger partial charge is 0.298 e. The van der Waals surface area contributed by atoms with Crippen molar-refractivity contribution in [1.82, 2.24) is 4.98 Å². The second-order valence-electron chi connectivity index (χ2n) is 8.51. The number of amides is 1. The molecule has 1 saturated heterocycles. The van der Waals surface area contributed by atoms with E-state index in [0.717, 1.165) is 50.6 Å². The Bertz CT molecular complexity index is 940. The molecule has 3 aliphatic rings. The Labute approximate surface area is 179 Å². The molecular formula is C22H25ClFN3O3. The lowest BCUT2D eigenvalue weighted by atomic mass is 10.2. The Hall–Kier alpha value is -2.28. The summed E-state index contributed by atoms with van der Waals surface area (Å²) in [5, 5.41) is 2.85. The highest BCUT2D eigenvalue weighted by Crippen LogP contribution is 2.53. The molecule has 2 heterocycles. The summed E-state index contributed by atoms with van der Waals surface area (Å²) in [7, 11) is 0. The summed E-state index contributed by atoms with van der Waals surface area (Å²) in [6, 6.07) is 3.22. The van der Waals surface area contributed by atoms with E-state index in [2.05, 4.69) is 10.3 Å². The van der Waals surface area contributed by atoms with Crippen LogP contribution in [0.3, 0.4) is 0 Å². The molecule has 0 spiro atoms. The van der Waals surface area contributed by atoms with Crippen LogP contribution >= 0.6 is 11.6 Å². The average molecular weight is 434 g/mol. The number of anilines is 2. The SMILES string of the molecule is CCc1oc(N2CCCC2)nc1C(=O)Nc1cc(F)c(OC2CC3CC3C2)c(Cl)c1. The lowest BCUT2D eigenvalue weighted by Gasteiger charge is -2.17. The second-order valence-corrected chi connectivity index (χ2v) is 8.91. The molecule has 2 unspecified atom stereocenters. The van der Waals surface area contributed by atoms with E-state index < -0.39 is 11.7 Å². The van der Waals surface area contributed by atoms with Gasteiger partial charge in [-0.05, 0) is 50.0 Å². The van der Waals surface area contributed by atoms with Gasteiger partial charge in [0.25, 0.3) is 11.9 Å². The Morgan fingerprint density at radius 3 is 2.70 bits per heavy atom. The fraction of sp³-hybridized carbons (Fsp3) is 0.545. The van der Waals surface area contributed by atoms with Crippen molar-refractivity contribution in [3.63, 3.8) is 0 Å². The van der Waals surface area contributed by atoms with Gasteiger partial charge in [-0.1, -0.05) is 18.5 Å². The number of benzene rings is 1. The summed E-state index contributed by atoms with van der Waals surface area (Å²) >= 11 is 6.28. The third kappa shape index (κ3) is 3.75. The number of halogens is 2. The lowest BCUT2D eigenvalue weighted by Crippen LogP contribution is -2.19. The minimum Gasteiger partial charge on any atom is -0.486 e. The molecule has 2 aromatic rings. The number of fused-ring (bicyclic) bond motifs is 1. The van der Waals surface area contributed by atoms with Crippen molar-refractivity contribution in [2.24, 2.45) is 11.8 Å². The highest BCUT2D eigenvalue weighted by molar-refractivity contribution is 6.32. The molecule has 8 heteroatoms. The van der Waals surface area contributed by atoms with Crippen molar-refractivity contribution in [2.45, 2.75) is 51.6 Å². The Morgan fingerprint density at radius 2 is 2.03 bits per heavy atom. The van der Waals surface area contributed by atoms with Gasteiger partial charge < -0.3 is 19.4 Å². The number of aryl methyl sites for hydroxylation is 1. The van der Waals surface area contributed by atoms with Gasteiger partial charge in [0, 0.05) is 31.3 Å². The average Bonchev–Trinajstić information content (AvgIpc) is 3.17. The normalized spacial score (nSPS) is 24.8. The molecule has 2 aliphatic carbocycles. The molecule has 3 fully saturated rings. The third-order valence-electron chi connectivity index (χ3n) is 6.34. The molecule has 1 N–H and O–H groups in total.